The molecule has 1 amide bonds. The van der Waals surface area contributed by atoms with Gasteiger partial charge in [-0.25, -0.2) is 8.42 Å². The van der Waals surface area contributed by atoms with E-state index in [0.29, 0.717) is 36.8 Å². The number of hydrogen-bond donors (Lipinski definition) is 1. The molecule has 0 saturated carbocycles. The number of para-hydroxylation sites is 3. The Hall–Kier alpha value is -2.74. The number of aryl methyl sites for hydroxylation is 1. The minimum absolute atomic E-state index is 0.143. The fourth-order valence-corrected chi connectivity index (χ4v) is 4.08. The highest BCUT2D eigenvalue weighted by atomic mass is 32.2. The molecule has 0 aromatic heterocycles. The predicted molar refractivity (Wildman–Crippen MR) is 119 cm³/mol. The van der Waals surface area contributed by atoms with Gasteiger partial charge in [0.15, 0.2) is 11.5 Å². The van der Waals surface area contributed by atoms with Crippen molar-refractivity contribution in [2.45, 2.75) is 26.2 Å². The zero-order valence-electron chi connectivity index (χ0n) is 17.8. The van der Waals surface area contributed by atoms with Gasteiger partial charge in [0.1, 0.15) is 6.61 Å². The molecule has 1 N–H and O–H groups in total. The van der Waals surface area contributed by atoms with E-state index in [1.54, 1.807) is 25.3 Å². The second kappa shape index (κ2) is 11.4. The van der Waals surface area contributed by atoms with E-state index in [1.165, 1.54) is 10.6 Å². The lowest BCUT2D eigenvalue weighted by molar-refractivity contribution is -0.121. The van der Waals surface area contributed by atoms with Crippen molar-refractivity contribution in [3.05, 3.63) is 54.1 Å². The average Bonchev–Trinajstić information content (AvgIpc) is 2.73. The van der Waals surface area contributed by atoms with Crippen molar-refractivity contribution in [2.24, 2.45) is 0 Å². The summed E-state index contributed by atoms with van der Waals surface area (Å²) in [5, 5.41) is 2.79. The predicted octanol–water partition coefficient (Wildman–Crippen LogP) is 3.00. The fourth-order valence-electron chi connectivity index (χ4n) is 3.08. The van der Waals surface area contributed by atoms with Crippen molar-refractivity contribution in [2.75, 3.05) is 37.4 Å². The normalized spacial score (nSPS) is 11.0. The number of nitrogens with zero attached hydrogens (tertiary/aromatic N) is 1. The number of sulfonamides is 1. The van der Waals surface area contributed by atoms with Gasteiger partial charge in [-0.05, 0) is 36.6 Å². The van der Waals surface area contributed by atoms with E-state index in [-0.39, 0.29) is 18.9 Å². The summed E-state index contributed by atoms with van der Waals surface area (Å²) < 4.78 is 36.8. The Bertz CT molecular complexity index is 931. The third-order valence-corrected chi connectivity index (χ3v) is 5.74. The van der Waals surface area contributed by atoms with Crippen molar-refractivity contribution < 1.29 is 22.7 Å². The van der Waals surface area contributed by atoms with E-state index in [0.717, 1.165) is 12.0 Å². The first-order chi connectivity index (χ1) is 14.4. The van der Waals surface area contributed by atoms with Crippen LogP contribution in [0.15, 0.2) is 48.5 Å². The van der Waals surface area contributed by atoms with E-state index in [9.17, 15) is 13.2 Å². The number of hydrogen-bond acceptors (Lipinski definition) is 5. The zero-order chi connectivity index (χ0) is 22.0. The molecule has 0 radical (unpaired) electrons. The summed E-state index contributed by atoms with van der Waals surface area (Å²) in [7, 11) is -1.86. The third-order valence-electron chi connectivity index (χ3n) is 4.56. The first kappa shape index (κ1) is 23.5. The van der Waals surface area contributed by atoms with Crippen LogP contribution in [0.1, 0.15) is 25.3 Å². The molecule has 0 aliphatic heterocycles. The SMILES string of the molecule is CCc1ccccc1N(CCCC(=O)NCCOc1ccccc1OC)S(C)(=O)=O. The van der Waals surface area contributed by atoms with Crippen LogP contribution < -0.4 is 19.1 Å². The van der Waals surface area contributed by atoms with Crippen LogP contribution in [0.4, 0.5) is 5.69 Å². The highest BCUT2D eigenvalue weighted by Gasteiger charge is 2.19. The van der Waals surface area contributed by atoms with Crippen LogP contribution in [0.3, 0.4) is 0 Å². The highest BCUT2D eigenvalue weighted by Crippen LogP contribution is 2.25. The monoisotopic (exact) mass is 434 g/mol. The number of anilines is 1. The number of carbonyl (C=O) groups excluding carboxylic acids is 1. The molecule has 0 fully saturated rings. The van der Waals surface area contributed by atoms with Gasteiger partial charge in [-0.2, -0.15) is 0 Å². The van der Waals surface area contributed by atoms with Gasteiger partial charge in [-0.15, -0.1) is 0 Å². The Morgan fingerprint density at radius 1 is 1.07 bits per heavy atom. The molecule has 0 aliphatic rings. The topological polar surface area (TPSA) is 84.9 Å². The van der Waals surface area contributed by atoms with Crippen LogP contribution in [0.2, 0.25) is 0 Å². The van der Waals surface area contributed by atoms with Crippen molar-refractivity contribution in [3.63, 3.8) is 0 Å². The fraction of sp³-hybridized carbons (Fsp3) is 0.409. The second-order valence-corrected chi connectivity index (χ2v) is 8.68. The summed E-state index contributed by atoms with van der Waals surface area (Å²) in [5.74, 6) is 1.11. The van der Waals surface area contributed by atoms with Crippen LogP contribution in [0, 0.1) is 0 Å². The Morgan fingerprint density at radius 3 is 2.40 bits per heavy atom. The lowest BCUT2D eigenvalue weighted by Crippen LogP contribution is -2.33. The minimum atomic E-state index is -3.44. The molecule has 8 heteroatoms. The summed E-state index contributed by atoms with van der Waals surface area (Å²) >= 11 is 0. The highest BCUT2D eigenvalue weighted by molar-refractivity contribution is 7.92. The van der Waals surface area contributed by atoms with Gasteiger partial charge in [-0.3, -0.25) is 9.10 Å². The largest absolute Gasteiger partial charge is 0.493 e. The molecule has 0 unspecified atom stereocenters. The number of ether oxygens (including phenoxy) is 2. The molecule has 30 heavy (non-hydrogen) atoms. The van der Waals surface area contributed by atoms with Crippen molar-refractivity contribution in [3.8, 4) is 11.5 Å². The molecule has 0 aliphatic carbocycles. The molecule has 2 aromatic carbocycles. The number of rotatable bonds is 12. The average molecular weight is 435 g/mol. The summed E-state index contributed by atoms with van der Waals surface area (Å²) in [6.07, 6.45) is 2.57. The van der Waals surface area contributed by atoms with E-state index < -0.39 is 10.0 Å². The second-order valence-electron chi connectivity index (χ2n) is 6.77. The van der Waals surface area contributed by atoms with E-state index >= 15 is 0 Å². The van der Waals surface area contributed by atoms with Crippen LogP contribution in [-0.2, 0) is 21.2 Å². The van der Waals surface area contributed by atoms with Crippen molar-refractivity contribution in [1.29, 1.82) is 0 Å². The smallest absolute Gasteiger partial charge is 0.232 e. The Kier molecular flexibility index (Phi) is 8.98. The number of amides is 1. The summed E-state index contributed by atoms with van der Waals surface area (Å²) in [6, 6.07) is 14.7. The number of methoxy groups -OCH3 is 1. The Balaban J connectivity index is 1.80. The quantitative estimate of drug-likeness (QED) is 0.519. The first-order valence-corrected chi connectivity index (χ1v) is 11.8. The molecular weight excluding hydrogens is 404 g/mol. The number of benzene rings is 2. The molecule has 2 aromatic rings. The minimum Gasteiger partial charge on any atom is -0.493 e. The van der Waals surface area contributed by atoms with Crippen LogP contribution in [-0.4, -0.2) is 47.4 Å². The lowest BCUT2D eigenvalue weighted by Gasteiger charge is -2.24. The van der Waals surface area contributed by atoms with E-state index in [4.69, 9.17) is 9.47 Å². The Morgan fingerprint density at radius 2 is 1.73 bits per heavy atom. The van der Waals surface area contributed by atoms with Gasteiger partial charge in [0.25, 0.3) is 0 Å². The molecule has 0 atom stereocenters. The number of nitrogens with one attached hydrogen (secondary N) is 1. The third kappa shape index (κ3) is 6.95. The van der Waals surface area contributed by atoms with Gasteiger partial charge >= 0.3 is 0 Å². The molecule has 2 rings (SSSR count). The van der Waals surface area contributed by atoms with Crippen molar-refractivity contribution in [1.82, 2.24) is 5.32 Å². The molecular formula is C22H30N2O5S. The summed E-state index contributed by atoms with van der Waals surface area (Å²) in [5.41, 5.74) is 1.63. The summed E-state index contributed by atoms with van der Waals surface area (Å²) in [4.78, 5) is 12.1. The van der Waals surface area contributed by atoms with Crippen LogP contribution in [0.5, 0.6) is 11.5 Å². The maximum atomic E-state index is 12.3. The molecule has 0 bridgehead atoms. The molecule has 7 nitrogen and oxygen atoms in total. The number of carbonyl (C=O) groups is 1. The molecule has 0 spiro atoms. The van der Waals surface area contributed by atoms with Crippen molar-refractivity contribution >= 4 is 21.6 Å². The van der Waals surface area contributed by atoms with Gasteiger partial charge in [-0.1, -0.05) is 37.3 Å². The molecule has 164 valence electrons. The van der Waals surface area contributed by atoms with Gasteiger partial charge < -0.3 is 14.8 Å². The molecule has 0 heterocycles. The van der Waals surface area contributed by atoms with Gasteiger partial charge in [0.05, 0.1) is 25.6 Å². The Labute approximate surface area is 179 Å². The van der Waals surface area contributed by atoms with Gasteiger partial charge in [0, 0.05) is 13.0 Å². The van der Waals surface area contributed by atoms with Crippen LogP contribution >= 0.6 is 0 Å². The first-order valence-electron chi connectivity index (χ1n) is 9.95. The zero-order valence-corrected chi connectivity index (χ0v) is 18.6. The molecule has 0 saturated heterocycles. The summed E-state index contributed by atoms with van der Waals surface area (Å²) in [6.45, 7) is 2.90. The lowest BCUT2D eigenvalue weighted by atomic mass is 10.1. The van der Waals surface area contributed by atoms with E-state index in [1.807, 2.05) is 37.3 Å². The maximum absolute atomic E-state index is 12.3. The standard InChI is InChI=1S/C22H30N2O5S/c1-4-18-10-5-6-11-19(18)24(30(3,26)27)16-9-14-22(25)23-15-17-29-21-13-8-7-12-20(21)28-2/h5-8,10-13H,4,9,14-17H2,1-3H3,(H,23,25). The van der Waals surface area contributed by atoms with Crippen LogP contribution in [0.25, 0.3) is 0 Å². The van der Waals surface area contributed by atoms with Gasteiger partial charge in [0.2, 0.25) is 15.9 Å². The van der Waals surface area contributed by atoms with E-state index in [2.05, 4.69) is 5.32 Å². The maximum Gasteiger partial charge on any atom is 0.232 e.